The van der Waals surface area contributed by atoms with Crippen LogP contribution in [0.2, 0.25) is 5.02 Å². The molecule has 0 fully saturated rings. The molecule has 2 aromatic rings. The fourth-order valence-electron chi connectivity index (χ4n) is 2.57. The molecule has 0 aromatic heterocycles. The highest BCUT2D eigenvalue weighted by Gasteiger charge is 2.26. The lowest BCUT2D eigenvalue weighted by Gasteiger charge is -2.26. The van der Waals surface area contributed by atoms with Crippen molar-refractivity contribution in [3.05, 3.63) is 47.5 Å². The Bertz CT molecular complexity index is 1200. The van der Waals surface area contributed by atoms with Gasteiger partial charge in [-0.3, -0.25) is 9.62 Å². The third-order valence-electron chi connectivity index (χ3n) is 4.15. The molecule has 12 heteroatoms. The summed E-state index contributed by atoms with van der Waals surface area (Å²) in [4.78, 5) is 13.4. The number of benzene rings is 2. The second-order valence-electron chi connectivity index (χ2n) is 8.04. The Morgan fingerprint density at radius 1 is 0.938 bits per heavy atom. The number of sulfonamides is 2. The van der Waals surface area contributed by atoms with Crippen LogP contribution in [0.3, 0.4) is 0 Å². The minimum atomic E-state index is -4.13. The number of amides is 1. The highest BCUT2D eigenvalue weighted by Crippen LogP contribution is 2.35. The van der Waals surface area contributed by atoms with Crippen molar-refractivity contribution in [2.75, 3.05) is 30.8 Å². The predicted octanol–water partition coefficient (Wildman–Crippen LogP) is 3.76. The summed E-state index contributed by atoms with van der Waals surface area (Å²) >= 11 is 6.26. The number of anilines is 2. The molecular weight excluding hydrogens is 478 g/mol. The fraction of sp³-hybridized carbons (Fsp3) is 0.350. The molecule has 0 atom stereocenters. The van der Waals surface area contributed by atoms with E-state index < -0.39 is 31.7 Å². The van der Waals surface area contributed by atoms with E-state index in [-0.39, 0.29) is 26.2 Å². The van der Waals surface area contributed by atoms with Crippen molar-refractivity contribution in [3.8, 4) is 0 Å². The zero-order valence-electron chi connectivity index (χ0n) is 18.6. The first kappa shape index (κ1) is 25.9. The van der Waals surface area contributed by atoms with Gasteiger partial charge in [0.1, 0.15) is 5.60 Å². The SMILES string of the molecule is CN(C(=O)OC(C)(C)C)c1c(Cl)cccc1NS(=O)(=O)c1ccc(S(=O)(=O)N(C)C)cc1. The summed E-state index contributed by atoms with van der Waals surface area (Å²) in [6.45, 7) is 5.11. The van der Waals surface area contributed by atoms with Crippen molar-refractivity contribution in [1.82, 2.24) is 4.31 Å². The van der Waals surface area contributed by atoms with Crippen molar-refractivity contribution in [3.63, 3.8) is 0 Å². The molecule has 0 unspecified atom stereocenters. The van der Waals surface area contributed by atoms with Crippen LogP contribution in [0.4, 0.5) is 16.2 Å². The number of nitrogens with zero attached hydrogens (tertiary/aromatic N) is 2. The number of para-hydroxylation sites is 1. The third kappa shape index (κ3) is 5.91. The molecule has 0 radical (unpaired) electrons. The lowest BCUT2D eigenvalue weighted by atomic mass is 10.2. The quantitative estimate of drug-likeness (QED) is 0.642. The number of nitrogens with one attached hydrogen (secondary N) is 1. The van der Waals surface area contributed by atoms with Crippen LogP contribution in [0.25, 0.3) is 0 Å². The zero-order chi connectivity index (χ0) is 24.5. The van der Waals surface area contributed by atoms with Gasteiger partial charge in [-0.15, -0.1) is 0 Å². The first-order valence-electron chi connectivity index (χ1n) is 9.37. The van der Waals surface area contributed by atoms with Gasteiger partial charge in [-0.1, -0.05) is 17.7 Å². The molecule has 2 rings (SSSR count). The van der Waals surface area contributed by atoms with E-state index in [9.17, 15) is 21.6 Å². The van der Waals surface area contributed by atoms with Crippen LogP contribution in [0.5, 0.6) is 0 Å². The number of rotatable bonds is 6. The van der Waals surface area contributed by atoms with Crippen LogP contribution in [0, 0.1) is 0 Å². The average Bonchev–Trinajstić information content (AvgIpc) is 2.66. The third-order valence-corrected chi connectivity index (χ3v) is 7.66. The average molecular weight is 504 g/mol. The van der Waals surface area contributed by atoms with Crippen molar-refractivity contribution in [2.45, 2.75) is 36.2 Å². The number of halogens is 1. The second kappa shape index (κ2) is 9.26. The molecule has 0 saturated carbocycles. The topological polar surface area (TPSA) is 113 Å². The molecule has 0 spiro atoms. The standard InChI is InChI=1S/C20H26ClN3O6S2/c1-20(2,3)30-19(25)24(6)18-16(21)8-7-9-17(18)22-31(26,27)14-10-12-15(13-11-14)32(28,29)23(4)5/h7-13,22H,1-6H3. The summed E-state index contributed by atoms with van der Waals surface area (Å²) < 4.78 is 59.0. The highest BCUT2D eigenvalue weighted by atomic mass is 35.5. The molecule has 0 saturated heterocycles. The Labute approximate surface area is 194 Å². The van der Waals surface area contributed by atoms with E-state index in [1.54, 1.807) is 20.8 Å². The molecule has 9 nitrogen and oxygen atoms in total. The van der Waals surface area contributed by atoms with Crippen LogP contribution >= 0.6 is 11.6 Å². The largest absolute Gasteiger partial charge is 0.443 e. The Hall–Kier alpha value is -2.34. The fourth-order valence-corrected chi connectivity index (χ4v) is 4.83. The van der Waals surface area contributed by atoms with Crippen molar-refractivity contribution in [1.29, 1.82) is 0 Å². The van der Waals surface area contributed by atoms with E-state index in [0.29, 0.717) is 0 Å². The van der Waals surface area contributed by atoms with Crippen LogP contribution < -0.4 is 9.62 Å². The lowest BCUT2D eigenvalue weighted by Crippen LogP contribution is -2.34. The first-order chi connectivity index (χ1) is 14.6. The number of hydrogen-bond acceptors (Lipinski definition) is 6. The molecule has 1 N–H and O–H groups in total. The van der Waals surface area contributed by atoms with Gasteiger partial charge in [-0.2, -0.15) is 0 Å². The number of carbonyl (C=O) groups is 1. The Morgan fingerprint density at radius 2 is 1.47 bits per heavy atom. The van der Waals surface area contributed by atoms with E-state index in [2.05, 4.69) is 4.72 Å². The van der Waals surface area contributed by atoms with Gasteiger partial charge in [-0.25, -0.2) is 25.9 Å². The van der Waals surface area contributed by atoms with Crippen molar-refractivity contribution >= 4 is 49.1 Å². The van der Waals surface area contributed by atoms with Crippen molar-refractivity contribution < 1.29 is 26.4 Å². The zero-order valence-corrected chi connectivity index (χ0v) is 21.0. The van der Waals surface area contributed by atoms with E-state index in [1.807, 2.05) is 0 Å². The summed E-state index contributed by atoms with van der Waals surface area (Å²) in [5, 5.41) is 0.131. The van der Waals surface area contributed by atoms with Crippen LogP contribution in [0.1, 0.15) is 20.8 Å². The molecule has 0 aliphatic rings. The van der Waals surface area contributed by atoms with Gasteiger partial charge in [0.25, 0.3) is 10.0 Å². The normalized spacial score (nSPS) is 12.5. The monoisotopic (exact) mass is 503 g/mol. The van der Waals surface area contributed by atoms with Gasteiger partial charge >= 0.3 is 6.09 Å². The summed E-state index contributed by atoms with van der Waals surface area (Å²) in [5.74, 6) is 0. The predicted molar refractivity (Wildman–Crippen MR) is 124 cm³/mol. The second-order valence-corrected chi connectivity index (χ2v) is 12.3. The molecule has 1 amide bonds. The molecule has 2 aromatic carbocycles. The van der Waals surface area contributed by atoms with Crippen molar-refractivity contribution in [2.24, 2.45) is 0 Å². The molecule has 0 bridgehead atoms. The lowest BCUT2D eigenvalue weighted by molar-refractivity contribution is 0.0589. The van der Waals surface area contributed by atoms with E-state index in [4.69, 9.17) is 16.3 Å². The smallest absolute Gasteiger partial charge is 0.414 e. The van der Waals surface area contributed by atoms with Crippen LogP contribution in [0.15, 0.2) is 52.3 Å². The van der Waals surface area contributed by atoms with Gasteiger partial charge in [0, 0.05) is 21.1 Å². The molecular formula is C20H26ClN3O6S2. The molecule has 0 aliphatic heterocycles. The molecule has 176 valence electrons. The maximum absolute atomic E-state index is 12.9. The van der Waals surface area contributed by atoms with Gasteiger partial charge in [-0.05, 0) is 57.2 Å². The Kier molecular flexibility index (Phi) is 7.50. The maximum atomic E-state index is 12.9. The van der Waals surface area contributed by atoms with Gasteiger partial charge in [0.05, 0.1) is 26.2 Å². The maximum Gasteiger partial charge on any atom is 0.414 e. The molecule has 32 heavy (non-hydrogen) atoms. The number of carbonyl (C=O) groups excluding carboxylic acids is 1. The Balaban J connectivity index is 2.40. The first-order valence-corrected chi connectivity index (χ1v) is 12.7. The van der Waals surface area contributed by atoms with E-state index in [1.165, 1.54) is 63.6 Å². The minimum absolute atomic E-state index is 0.0467. The van der Waals surface area contributed by atoms with E-state index >= 15 is 0 Å². The number of hydrogen-bond donors (Lipinski definition) is 1. The van der Waals surface area contributed by atoms with Gasteiger partial charge in [0.15, 0.2) is 0 Å². The summed E-state index contributed by atoms with van der Waals surface area (Å²) in [7, 11) is -3.66. The van der Waals surface area contributed by atoms with E-state index in [0.717, 1.165) is 9.21 Å². The molecule has 0 heterocycles. The summed E-state index contributed by atoms with van der Waals surface area (Å²) in [5.41, 5.74) is -0.601. The highest BCUT2D eigenvalue weighted by molar-refractivity contribution is 7.92. The summed E-state index contributed by atoms with van der Waals surface area (Å²) in [6, 6.07) is 9.26. The van der Waals surface area contributed by atoms with Gasteiger partial charge < -0.3 is 4.74 Å². The Morgan fingerprint density at radius 3 is 1.97 bits per heavy atom. The van der Waals surface area contributed by atoms with Gasteiger partial charge in [0.2, 0.25) is 10.0 Å². The minimum Gasteiger partial charge on any atom is -0.443 e. The van der Waals surface area contributed by atoms with Crippen LogP contribution in [-0.2, 0) is 24.8 Å². The van der Waals surface area contributed by atoms with Crippen LogP contribution in [-0.4, -0.2) is 54.0 Å². The number of ether oxygens (including phenoxy) is 1. The molecule has 0 aliphatic carbocycles. The summed E-state index contributed by atoms with van der Waals surface area (Å²) in [6.07, 6.45) is -0.718.